The first-order valence-corrected chi connectivity index (χ1v) is 6.08. The molecule has 0 bridgehead atoms. The van der Waals surface area contributed by atoms with Gasteiger partial charge >= 0.3 is 5.97 Å². The van der Waals surface area contributed by atoms with E-state index in [0.717, 1.165) is 0 Å². The molecule has 0 saturated heterocycles. The molecule has 0 aromatic carbocycles. The van der Waals surface area contributed by atoms with E-state index in [1.54, 1.807) is 0 Å². The molecule has 94 valence electrons. The third-order valence-electron chi connectivity index (χ3n) is 2.11. The van der Waals surface area contributed by atoms with Crippen molar-refractivity contribution >= 4 is 33.5 Å². The average Bonchev–Trinajstić information content (AvgIpc) is 2.30. The van der Waals surface area contributed by atoms with Crippen LogP contribution in [0.5, 0.6) is 0 Å². The summed E-state index contributed by atoms with van der Waals surface area (Å²) >= 11 is 8.89. The lowest BCUT2D eigenvalue weighted by Crippen LogP contribution is -2.08. The molecule has 7 heteroatoms. The van der Waals surface area contributed by atoms with Crippen molar-refractivity contribution in [2.24, 2.45) is 0 Å². The van der Waals surface area contributed by atoms with Crippen molar-refractivity contribution in [1.29, 1.82) is 0 Å². The Hall–Kier alpha value is -0.750. The monoisotopic (exact) mass is 327 g/mol. The summed E-state index contributed by atoms with van der Waals surface area (Å²) in [5, 5.41) is 0.0418. The maximum Gasteiger partial charge on any atom is 0.310 e. The van der Waals surface area contributed by atoms with Gasteiger partial charge in [0.1, 0.15) is 0 Å². The van der Waals surface area contributed by atoms with Gasteiger partial charge in [-0.2, -0.15) is 0 Å². The fourth-order valence-electron chi connectivity index (χ4n) is 1.26. The summed E-state index contributed by atoms with van der Waals surface area (Å²) in [6.45, 7) is 0. The quantitative estimate of drug-likeness (QED) is 0.629. The van der Waals surface area contributed by atoms with Gasteiger partial charge in [-0.3, -0.25) is 9.78 Å². The first-order valence-electron chi connectivity index (χ1n) is 4.58. The van der Waals surface area contributed by atoms with Gasteiger partial charge in [-0.1, -0.05) is 27.5 Å². The Bertz CT molecular complexity index is 429. The highest BCUT2D eigenvalue weighted by molar-refractivity contribution is 9.08. The first-order chi connectivity index (χ1) is 8.01. The van der Waals surface area contributed by atoms with E-state index in [1.807, 2.05) is 0 Å². The molecule has 0 aliphatic carbocycles. The third-order valence-corrected chi connectivity index (χ3v) is 3.09. The van der Waals surface area contributed by atoms with Gasteiger partial charge in [-0.05, 0) is 0 Å². The highest BCUT2D eigenvalue weighted by atomic mass is 79.9. The second-order valence-corrected chi connectivity index (χ2v) is 4.08. The fraction of sp³-hybridized carbons (Fsp3) is 0.400. The molecule has 17 heavy (non-hydrogen) atoms. The Labute approximate surface area is 110 Å². The zero-order chi connectivity index (χ0) is 13.0. The van der Waals surface area contributed by atoms with Gasteiger partial charge in [0, 0.05) is 17.1 Å². The van der Waals surface area contributed by atoms with E-state index in [9.17, 15) is 13.6 Å². The van der Waals surface area contributed by atoms with Crippen molar-refractivity contribution in [2.75, 3.05) is 7.11 Å². The highest BCUT2D eigenvalue weighted by Crippen LogP contribution is 2.33. The molecule has 3 nitrogen and oxygen atoms in total. The standard InChI is InChI=1S/C10H9BrClF2NO2/c1-17-7(16)2-5-4-15-6(3-11)8(9(5)12)10(13)14/h4,10H,2-3H2,1H3. The van der Waals surface area contributed by atoms with Gasteiger partial charge in [-0.15, -0.1) is 0 Å². The Morgan fingerprint density at radius 3 is 2.76 bits per heavy atom. The predicted molar refractivity (Wildman–Crippen MR) is 62.6 cm³/mol. The van der Waals surface area contributed by atoms with E-state index in [2.05, 4.69) is 25.7 Å². The number of rotatable bonds is 4. The molecule has 0 aliphatic rings. The third kappa shape index (κ3) is 3.35. The van der Waals surface area contributed by atoms with Crippen molar-refractivity contribution in [1.82, 2.24) is 4.98 Å². The Balaban J connectivity index is 3.18. The number of aromatic nitrogens is 1. The Morgan fingerprint density at radius 1 is 1.65 bits per heavy atom. The molecule has 0 unspecified atom stereocenters. The number of carbonyl (C=O) groups is 1. The Morgan fingerprint density at radius 2 is 2.29 bits per heavy atom. The van der Waals surface area contributed by atoms with Crippen LogP contribution in [-0.4, -0.2) is 18.1 Å². The summed E-state index contributed by atoms with van der Waals surface area (Å²) in [5.41, 5.74) is 0.0575. The van der Waals surface area contributed by atoms with Crippen molar-refractivity contribution in [3.63, 3.8) is 0 Å². The first kappa shape index (κ1) is 14.3. The van der Waals surface area contributed by atoms with E-state index in [0.29, 0.717) is 0 Å². The van der Waals surface area contributed by atoms with E-state index in [4.69, 9.17) is 11.6 Å². The van der Waals surface area contributed by atoms with Crippen LogP contribution in [0.3, 0.4) is 0 Å². The topological polar surface area (TPSA) is 39.2 Å². The second kappa shape index (κ2) is 6.26. The molecule has 0 fully saturated rings. The van der Waals surface area contributed by atoms with Crippen molar-refractivity contribution in [3.05, 3.63) is 28.0 Å². The minimum atomic E-state index is -2.74. The van der Waals surface area contributed by atoms with Gasteiger partial charge in [0.25, 0.3) is 6.43 Å². The molecular formula is C10H9BrClF2NO2. The molecule has 0 N–H and O–H groups in total. The second-order valence-electron chi connectivity index (χ2n) is 3.15. The van der Waals surface area contributed by atoms with Crippen LogP contribution in [0.15, 0.2) is 6.20 Å². The minimum Gasteiger partial charge on any atom is -0.469 e. The van der Waals surface area contributed by atoms with Crippen molar-refractivity contribution in [2.45, 2.75) is 18.2 Å². The number of alkyl halides is 3. The van der Waals surface area contributed by atoms with Gasteiger partial charge in [0.2, 0.25) is 0 Å². The summed E-state index contributed by atoms with van der Waals surface area (Å²) in [6.07, 6.45) is -1.60. The van der Waals surface area contributed by atoms with Gasteiger partial charge in [0.15, 0.2) is 0 Å². The predicted octanol–water partition coefficient (Wildman–Crippen LogP) is 3.28. The molecule has 1 aromatic heterocycles. The summed E-state index contributed by atoms with van der Waals surface area (Å²) in [7, 11) is 1.21. The van der Waals surface area contributed by atoms with Crippen LogP contribution in [0.25, 0.3) is 0 Å². The van der Waals surface area contributed by atoms with Crippen LogP contribution >= 0.6 is 27.5 Å². The summed E-state index contributed by atoms with van der Waals surface area (Å²) in [6, 6.07) is 0. The number of ether oxygens (including phenoxy) is 1. The smallest absolute Gasteiger partial charge is 0.310 e. The number of pyridine rings is 1. The molecule has 1 aromatic rings. The number of esters is 1. The van der Waals surface area contributed by atoms with E-state index in [1.165, 1.54) is 13.3 Å². The highest BCUT2D eigenvalue weighted by Gasteiger charge is 2.21. The van der Waals surface area contributed by atoms with Crippen LogP contribution in [0.4, 0.5) is 8.78 Å². The van der Waals surface area contributed by atoms with Crippen LogP contribution in [0, 0.1) is 0 Å². The number of hydrogen-bond donors (Lipinski definition) is 0. The van der Waals surface area contributed by atoms with E-state index in [-0.39, 0.29) is 33.6 Å². The van der Waals surface area contributed by atoms with Gasteiger partial charge < -0.3 is 4.74 Å². The molecule has 0 atom stereocenters. The molecule has 0 amide bonds. The lowest BCUT2D eigenvalue weighted by molar-refractivity contribution is -0.139. The molecule has 1 rings (SSSR count). The van der Waals surface area contributed by atoms with Crippen molar-refractivity contribution in [3.8, 4) is 0 Å². The number of halogens is 4. The molecule has 0 aliphatic heterocycles. The van der Waals surface area contributed by atoms with Gasteiger partial charge in [0.05, 0.1) is 29.8 Å². The maximum atomic E-state index is 12.8. The Kier molecular flexibility index (Phi) is 5.27. The largest absolute Gasteiger partial charge is 0.469 e. The average molecular weight is 329 g/mol. The summed E-state index contributed by atoms with van der Waals surface area (Å²) in [5.74, 6) is -0.555. The minimum absolute atomic E-state index is 0.130. The fourth-order valence-corrected chi connectivity index (χ4v) is 2.01. The molecular weight excluding hydrogens is 319 g/mol. The number of carbonyl (C=O) groups excluding carboxylic acids is 1. The number of methoxy groups -OCH3 is 1. The zero-order valence-electron chi connectivity index (χ0n) is 8.84. The number of hydrogen-bond acceptors (Lipinski definition) is 3. The van der Waals surface area contributed by atoms with Crippen LogP contribution in [-0.2, 0) is 21.3 Å². The molecule has 0 spiro atoms. The molecule has 1 heterocycles. The van der Waals surface area contributed by atoms with Crippen LogP contribution < -0.4 is 0 Å². The van der Waals surface area contributed by atoms with Crippen LogP contribution in [0.1, 0.15) is 23.2 Å². The zero-order valence-corrected chi connectivity index (χ0v) is 11.2. The van der Waals surface area contributed by atoms with Crippen molar-refractivity contribution < 1.29 is 18.3 Å². The van der Waals surface area contributed by atoms with Crippen LogP contribution in [0.2, 0.25) is 5.02 Å². The normalized spacial score (nSPS) is 10.7. The number of nitrogens with zero attached hydrogens (tertiary/aromatic N) is 1. The lowest BCUT2D eigenvalue weighted by atomic mass is 10.1. The summed E-state index contributed by atoms with van der Waals surface area (Å²) in [4.78, 5) is 14.9. The molecule has 0 radical (unpaired) electrons. The van der Waals surface area contributed by atoms with Gasteiger partial charge in [-0.25, -0.2) is 8.78 Å². The SMILES string of the molecule is COC(=O)Cc1cnc(CBr)c(C(F)F)c1Cl. The molecule has 0 saturated carbocycles. The summed E-state index contributed by atoms with van der Waals surface area (Å²) < 4.78 is 30.1. The van der Waals surface area contributed by atoms with E-state index >= 15 is 0 Å². The maximum absolute atomic E-state index is 12.8. The van der Waals surface area contributed by atoms with E-state index < -0.39 is 12.4 Å². The lowest BCUT2D eigenvalue weighted by Gasteiger charge is -2.11.